The highest BCUT2D eigenvalue weighted by Gasteiger charge is 2.21. The number of hydrogen-bond acceptors (Lipinski definition) is 5. The highest BCUT2D eigenvalue weighted by molar-refractivity contribution is 7.99. The fraction of sp³-hybridized carbons (Fsp3) is 0.240. The zero-order valence-corrected chi connectivity index (χ0v) is 19.3. The Balaban J connectivity index is 1.59. The number of carbonyl (C=O) groups is 1. The highest BCUT2D eigenvalue weighted by atomic mass is 32.2. The molecule has 4 rings (SSSR count). The molecule has 0 aliphatic heterocycles. The van der Waals surface area contributed by atoms with Crippen molar-refractivity contribution >= 4 is 23.4 Å². The number of hydrogen-bond donors (Lipinski definition) is 0. The Morgan fingerprint density at radius 1 is 1.03 bits per heavy atom. The summed E-state index contributed by atoms with van der Waals surface area (Å²) < 4.78 is 7.54. The Hall–Kier alpha value is -3.32. The van der Waals surface area contributed by atoms with Crippen LogP contribution >= 0.6 is 11.8 Å². The van der Waals surface area contributed by atoms with Gasteiger partial charge in [0.25, 0.3) is 0 Å². The zero-order chi connectivity index (χ0) is 22.5. The number of aromatic nitrogens is 3. The van der Waals surface area contributed by atoms with Crippen LogP contribution in [0.2, 0.25) is 0 Å². The van der Waals surface area contributed by atoms with E-state index in [4.69, 9.17) is 4.42 Å². The molecule has 1 amide bonds. The molecular weight excluding hydrogens is 420 g/mol. The van der Waals surface area contributed by atoms with Crippen molar-refractivity contribution in [3.05, 3.63) is 83.8 Å². The maximum Gasteiger partial charge on any atom is 0.237 e. The van der Waals surface area contributed by atoms with Gasteiger partial charge in [-0.2, -0.15) is 0 Å². The van der Waals surface area contributed by atoms with Crippen molar-refractivity contribution in [1.29, 1.82) is 0 Å². The SMILES string of the molecule is CCN(C(=O)CSc1nnc(-c2ccoc2C)n1Cc1ccccc1)c1ccccc1C. The third kappa shape index (κ3) is 4.62. The van der Waals surface area contributed by atoms with Crippen LogP contribution in [0.25, 0.3) is 11.4 Å². The summed E-state index contributed by atoms with van der Waals surface area (Å²) in [6, 6.07) is 20.0. The smallest absolute Gasteiger partial charge is 0.237 e. The standard InChI is InChI=1S/C25H26N4O2S/c1-4-28(22-13-9-8-10-18(22)2)23(30)17-32-25-27-26-24(21-14-15-31-19(21)3)29(25)16-20-11-6-5-7-12-20/h5-15H,4,16-17H2,1-3H3. The quantitative estimate of drug-likeness (QED) is 0.342. The summed E-state index contributed by atoms with van der Waals surface area (Å²) in [5.74, 6) is 1.85. The fourth-order valence-electron chi connectivity index (χ4n) is 3.67. The first-order valence-corrected chi connectivity index (χ1v) is 11.6. The van der Waals surface area contributed by atoms with E-state index in [1.54, 1.807) is 6.26 Å². The molecule has 6 nitrogen and oxygen atoms in total. The number of rotatable bonds is 8. The molecule has 0 saturated carbocycles. The van der Waals surface area contributed by atoms with Crippen molar-refractivity contribution in [3.63, 3.8) is 0 Å². The van der Waals surface area contributed by atoms with Crippen LogP contribution in [0.1, 0.15) is 23.8 Å². The average molecular weight is 447 g/mol. The summed E-state index contributed by atoms with van der Waals surface area (Å²) >= 11 is 1.41. The van der Waals surface area contributed by atoms with Gasteiger partial charge in [-0.15, -0.1) is 10.2 Å². The molecule has 0 aliphatic rings. The molecule has 0 unspecified atom stereocenters. The van der Waals surface area contributed by atoms with Gasteiger partial charge in [-0.1, -0.05) is 60.3 Å². The van der Waals surface area contributed by atoms with Crippen molar-refractivity contribution < 1.29 is 9.21 Å². The number of furan rings is 1. The summed E-state index contributed by atoms with van der Waals surface area (Å²) in [6.07, 6.45) is 1.66. The van der Waals surface area contributed by atoms with Crippen molar-refractivity contribution in [2.24, 2.45) is 0 Å². The van der Waals surface area contributed by atoms with Gasteiger partial charge < -0.3 is 9.32 Å². The van der Waals surface area contributed by atoms with E-state index in [2.05, 4.69) is 26.9 Å². The molecule has 0 aliphatic carbocycles. The van der Waals surface area contributed by atoms with E-state index in [0.29, 0.717) is 18.2 Å². The average Bonchev–Trinajstić information content (AvgIpc) is 3.40. The highest BCUT2D eigenvalue weighted by Crippen LogP contribution is 2.29. The van der Waals surface area contributed by atoms with Gasteiger partial charge in [0, 0.05) is 12.2 Å². The summed E-state index contributed by atoms with van der Waals surface area (Å²) in [4.78, 5) is 14.9. The van der Waals surface area contributed by atoms with Gasteiger partial charge in [-0.25, -0.2) is 0 Å². The van der Waals surface area contributed by atoms with E-state index in [-0.39, 0.29) is 11.7 Å². The zero-order valence-electron chi connectivity index (χ0n) is 18.5. The molecule has 7 heteroatoms. The molecule has 0 fully saturated rings. The van der Waals surface area contributed by atoms with Crippen molar-refractivity contribution in [1.82, 2.24) is 14.8 Å². The minimum Gasteiger partial charge on any atom is -0.469 e. The second kappa shape index (κ2) is 9.87. The van der Waals surface area contributed by atoms with Crippen molar-refractivity contribution in [3.8, 4) is 11.4 Å². The minimum absolute atomic E-state index is 0.0436. The Bertz CT molecular complexity index is 1200. The predicted octanol–water partition coefficient (Wildman–Crippen LogP) is 5.35. The normalized spacial score (nSPS) is 11.0. The van der Waals surface area contributed by atoms with Gasteiger partial charge in [0.1, 0.15) is 5.76 Å². The van der Waals surface area contributed by atoms with Crippen LogP contribution in [0.5, 0.6) is 0 Å². The molecule has 0 radical (unpaired) electrons. The Morgan fingerprint density at radius 2 is 1.78 bits per heavy atom. The van der Waals surface area contributed by atoms with E-state index >= 15 is 0 Å². The first kappa shape index (κ1) is 21.9. The molecule has 2 aromatic heterocycles. The van der Waals surface area contributed by atoms with Gasteiger partial charge in [0.05, 0.1) is 24.1 Å². The van der Waals surface area contributed by atoms with Crippen LogP contribution in [0.4, 0.5) is 5.69 Å². The molecule has 0 spiro atoms. The molecule has 32 heavy (non-hydrogen) atoms. The molecule has 164 valence electrons. The van der Waals surface area contributed by atoms with Gasteiger partial charge in [0.15, 0.2) is 11.0 Å². The van der Waals surface area contributed by atoms with Crippen molar-refractivity contribution in [2.75, 3.05) is 17.2 Å². The number of thioether (sulfide) groups is 1. The number of para-hydroxylation sites is 1. The van der Waals surface area contributed by atoms with Gasteiger partial charge in [0.2, 0.25) is 5.91 Å². The lowest BCUT2D eigenvalue weighted by atomic mass is 10.2. The monoisotopic (exact) mass is 446 g/mol. The minimum atomic E-state index is 0.0436. The molecule has 2 heterocycles. The number of carbonyl (C=O) groups excluding carboxylic acids is 1. The number of amides is 1. The second-order valence-electron chi connectivity index (χ2n) is 7.48. The maximum atomic E-state index is 13.1. The molecule has 0 bridgehead atoms. The topological polar surface area (TPSA) is 64.2 Å². The summed E-state index contributed by atoms with van der Waals surface area (Å²) in [5.41, 5.74) is 4.07. The van der Waals surface area contributed by atoms with E-state index < -0.39 is 0 Å². The lowest BCUT2D eigenvalue weighted by molar-refractivity contribution is -0.116. The number of benzene rings is 2. The predicted molar refractivity (Wildman–Crippen MR) is 128 cm³/mol. The van der Waals surface area contributed by atoms with E-state index in [9.17, 15) is 4.79 Å². The van der Waals surface area contributed by atoms with Gasteiger partial charge >= 0.3 is 0 Å². The van der Waals surface area contributed by atoms with Crippen LogP contribution in [-0.4, -0.2) is 33.0 Å². The van der Waals surface area contributed by atoms with Gasteiger partial charge in [-0.05, 0) is 44.0 Å². The summed E-state index contributed by atoms with van der Waals surface area (Å²) in [7, 11) is 0. The Labute approximate surface area is 192 Å². The van der Waals surface area contributed by atoms with Crippen LogP contribution in [-0.2, 0) is 11.3 Å². The van der Waals surface area contributed by atoms with Crippen LogP contribution in [0.3, 0.4) is 0 Å². The van der Waals surface area contributed by atoms with Gasteiger partial charge in [-0.3, -0.25) is 9.36 Å². The third-order valence-corrected chi connectivity index (χ3v) is 6.30. The summed E-state index contributed by atoms with van der Waals surface area (Å²) in [5, 5.41) is 9.57. The third-order valence-electron chi connectivity index (χ3n) is 5.35. The van der Waals surface area contributed by atoms with Crippen LogP contribution in [0, 0.1) is 13.8 Å². The summed E-state index contributed by atoms with van der Waals surface area (Å²) in [6.45, 7) is 7.15. The van der Waals surface area contributed by atoms with E-state index in [1.165, 1.54) is 11.8 Å². The largest absolute Gasteiger partial charge is 0.469 e. The van der Waals surface area contributed by atoms with Crippen LogP contribution in [0.15, 0.2) is 76.5 Å². The number of anilines is 1. The fourth-order valence-corrected chi connectivity index (χ4v) is 4.49. The lowest BCUT2D eigenvalue weighted by Gasteiger charge is -2.22. The van der Waals surface area contributed by atoms with E-state index in [1.807, 2.05) is 74.2 Å². The van der Waals surface area contributed by atoms with E-state index in [0.717, 1.165) is 34.0 Å². The molecule has 2 aromatic carbocycles. The molecule has 0 atom stereocenters. The number of nitrogens with zero attached hydrogens (tertiary/aromatic N) is 4. The lowest BCUT2D eigenvalue weighted by Crippen LogP contribution is -2.32. The second-order valence-corrected chi connectivity index (χ2v) is 8.42. The Morgan fingerprint density at radius 3 is 2.47 bits per heavy atom. The first-order chi connectivity index (χ1) is 15.6. The first-order valence-electron chi connectivity index (χ1n) is 10.6. The number of aryl methyl sites for hydroxylation is 2. The van der Waals surface area contributed by atoms with Crippen molar-refractivity contribution in [2.45, 2.75) is 32.5 Å². The molecule has 0 saturated heterocycles. The Kier molecular flexibility index (Phi) is 6.75. The molecule has 0 N–H and O–H groups in total. The maximum absolute atomic E-state index is 13.1. The molecule has 4 aromatic rings. The molecular formula is C25H26N4O2S. The van der Waals surface area contributed by atoms with Crippen LogP contribution < -0.4 is 4.90 Å².